The molecule has 26 heavy (non-hydrogen) atoms. The first-order chi connectivity index (χ1) is 11.9. The van der Waals surface area contributed by atoms with Crippen LogP contribution in [0.25, 0.3) is 0 Å². The Labute approximate surface area is 152 Å². The fourth-order valence-electron chi connectivity index (χ4n) is 2.09. The van der Waals surface area contributed by atoms with Crippen molar-refractivity contribution in [3.05, 3.63) is 34.3 Å². The minimum Gasteiger partial charge on any atom is -0.480 e. The Kier molecular flexibility index (Phi) is 7.43. The number of alkyl halides is 3. The van der Waals surface area contributed by atoms with Crippen LogP contribution in [-0.4, -0.2) is 35.5 Å². The zero-order chi connectivity index (χ0) is 20.1. The van der Waals surface area contributed by atoms with Crippen molar-refractivity contribution in [2.75, 3.05) is 6.54 Å². The molecule has 3 N–H and O–H groups in total. The van der Waals surface area contributed by atoms with Gasteiger partial charge in [-0.3, -0.25) is 9.59 Å². The SMILES string of the molecule is CC(C)C[C@H](NC(=O)CNC(=O)c1cc(Cl)cc(C(F)(F)F)c1)C(=O)O. The van der Waals surface area contributed by atoms with Crippen molar-refractivity contribution in [2.45, 2.75) is 32.5 Å². The quantitative estimate of drug-likeness (QED) is 0.662. The van der Waals surface area contributed by atoms with E-state index in [9.17, 15) is 27.6 Å². The molecule has 0 aliphatic rings. The largest absolute Gasteiger partial charge is 0.480 e. The molecule has 1 atom stereocenters. The van der Waals surface area contributed by atoms with Gasteiger partial charge < -0.3 is 15.7 Å². The Morgan fingerprint density at radius 3 is 2.31 bits per heavy atom. The summed E-state index contributed by atoms with van der Waals surface area (Å²) in [5.41, 5.74) is -1.46. The average molecular weight is 395 g/mol. The Bertz CT molecular complexity index is 693. The molecule has 0 aliphatic carbocycles. The van der Waals surface area contributed by atoms with E-state index in [1.54, 1.807) is 13.8 Å². The first-order valence-electron chi connectivity index (χ1n) is 7.58. The van der Waals surface area contributed by atoms with Gasteiger partial charge in [0.25, 0.3) is 5.91 Å². The van der Waals surface area contributed by atoms with Crippen LogP contribution in [0.1, 0.15) is 36.2 Å². The summed E-state index contributed by atoms with van der Waals surface area (Å²) in [6.45, 7) is 2.97. The molecule has 1 aromatic rings. The Balaban J connectivity index is 2.73. The molecule has 0 heterocycles. The number of hydrogen-bond acceptors (Lipinski definition) is 3. The molecular formula is C16H18ClF3N2O4. The van der Waals surface area contributed by atoms with Crippen molar-refractivity contribution in [2.24, 2.45) is 5.92 Å². The number of nitrogens with one attached hydrogen (secondary N) is 2. The lowest BCUT2D eigenvalue weighted by atomic mass is 10.0. The van der Waals surface area contributed by atoms with Crippen molar-refractivity contribution in [1.29, 1.82) is 0 Å². The predicted molar refractivity (Wildman–Crippen MR) is 87.8 cm³/mol. The average Bonchev–Trinajstić information content (AvgIpc) is 2.50. The third-order valence-electron chi connectivity index (χ3n) is 3.24. The highest BCUT2D eigenvalue weighted by molar-refractivity contribution is 6.31. The zero-order valence-corrected chi connectivity index (χ0v) is 14.7. The molecule has 0 radical (unpaired) electrons. The number of benzene rings is 1. The van der Waals surface area contributed by atoms with E-state index in [2.05, 4.69) is 10.6 Å². The molecule has 0 fully saturated rings. The van der Waals surface area contributed by atoms with Crippen LogP contribution < -0.4 is 10.6 Å². The van der Waals surface area contributed by atoms with E-state index in [-0.39, 0.29) is 22.9 Å². The summed E-state index contributed by atoms with van der Waals surface area (Å²) in [4.78, 5) is 34.8. The Morgan fingerprint density at radius 2 is 1.81 bits per heavy atom. The molecule has 0 aliphatic heterocycles. The van der Waals surface area contributed by atoms with Gasteiger partial charge in [-0.05, 0) is 30.5 Å². The summed E-state index contributed by atoms with van der Waals surface area (Å²) >= 11 is 5.59. The number of amides is 2. The first kappa shape index (κ1) is 21.8. The Morgan fingerprint density at radius 1 is 1.19 bits per heavy atom. The van der Waals surface area contributed by atoms with Gasteiger partial charge in [-0.2, -0.15) is 13.2 Å². The summed E-state index contributed by atoms with van der Waals surface area (Å²) in [5, 5.41) is 13.1. The second-order valence-corrected chi connectivity index (χ2v) is 6.43. The van der Waals surface area contributed by atoms with E-state index in [1.165, 1.54) is 0 Å². The third-order valence-corrected chi connectivity index (χ3v) is 3.46. The zero-order valence-electron chi connectivity index (χ0n) is 14.0. The molecule has 0 saturated heterocycles. The molecule has 1 rings (SSSR count). The van der Waals surface area contributed by atoms with Crippen LogP contribution in [0.3, 0.4) is 0 Å². The topological polar surface area (TPSA) is 95.5 Å². The van der Waals surface area contributed by atoms with Gasteiger partial charge in [0.15, 0.2) is 0 Å². The first-order valence-corrected chi connectivity index (χ1v) is 7.96. The lowest BCUT2D eigenvalue weighted by molar-refractivity contribution is -0.142. The van der Waals surface area contributed by atoms with Crippen LogP contribution in [0.5, 0.6) is 0 Å². The summed E-state index contributed by atoms with van der Waals surface area (Å²) in [5.74, 6) is -2.92. The molecule has 6 nitrogen and oxygen atoms in total. The number of carbonyl (C=O) groups excluding carboxylic acids is 2. The van der Waals surface area contributed by atoms with E-state index < -0.39 is 42.1 Å². The van der Waals surface area contributed by atoms with Crippen LogP contribution in [0.4, 0.5) is 13.2 Å². The molecule has 2 amide bonds. The number of carboxylic acid groups (broad SMARTS) is 1. The van der Waals surface area contributed by atoms with Gasteiger partial charge in [0.2, 0.25) is 5.91 Å². The van der Waals surface area contributed by atoms with Crippen LogP contribution in [0.15, 0.2) is 18.2 Å². The van der Waals surface area contributed by atoms with Crippen molar-refractivity contribution in [1.82, 2.24) is 10.6 Å². The lowest BCUT2D eigenvalue weighted by Crippen LogP contribution is -2.46. The molecule has 0 aromatic heterocycles. The van der Waals surface area contributed by atoms with Gasteiger partial charge in [-0.25, -0.2) is 4.79 Å². The highest BCUT2D eigenvalue weighted by Gasteiger charge is 2.31. The van der Waals surface area contributed by atoms with Crippen LogP contribution in [-0.2, 0) is 15.8 Å². The van der Waals surface area contributed by atoms with E-state index in [0.717, 1.165) is 6.07 Å². The summed E-state index contributed by atoms with van der Waals surface area (Å²) in [6.07, 6.45) is -4.49. The summed E-state index contributed by atoms with van der Waals surface area (Å²) in [6, 6.07) is 1.19. The molecule has 0 spiro atoms. The maximum Gasteiger partial charge on any atom is 0.416 e. The van der Waals surface area contributed by atoms with E-state index in [4.69, 9.17) is 16.7 Å². The predicted octanol–water partition coefficient (Wildman–Crippen LogP) is 2.70. The maximum absolute atomic E-state index is 12.7. The Hall–Kier alpha value is -2.29. The van der Waals surface area contributed by atoms with Crippen molar-refractivity contribution in [3.63, 3.8) is 0 Å². The summed E-state index contributed by atoms with van der Waals surface area (Å²) in [7, 11) is 0. The van der Waals surface area contributed by atoms with Crippen LogP contribution in [0.2, 0.25) is 5.02 Å². The molecule has 10 heteroatoms. The van der Waals surface area contributed by atoms with Gasteiger partial charge in [0, 0.05) is 10.6 Å². The number of aliphatic carboxylic acids is 1. The summed E-state index contributed by atoms with van der Waals surface area (Å²) < 4.78 is 38.2. The van der Waals surface area contributed by atoms with E-state index in [0.29, 0.717) is 12.1 Å². The van der Waals surface area contributed by atoms with Gasteiger partial charge in [0.05, 0.1) is 12.1 Å². The highest BCUT2D eigenvalue weighted by Crippen LogP contribution is 2.31. The fourth-order valence-corrected chi connectivity index (χ4v) is 2.32. The number of carbonyl (C=O) groups is 3. The maximum atomic E-state index is 12.7. The van der Waals surface area contributed by atoms with Crippen LogP contribution >= 0.6 is 11.6 Å². The fraction of sp³-hybridized carbons (Fsp3) is 0.438. The molecule has 1 aromatic carbocycles. The molecular weight excluding hydrogens is 377 g/mol. The third kappa shape index (κ3) is 6.91. The molecule has 0 bridgehead atoms. The number of halogens is 4. The monoisotopic (exact) mass is 394 g/mol. The van der Waals surface area contributed by atoms with E-state index in [1.807, 2.05) is 0 Å². The minimum absolute atomic E-state index is 0.0123. The second kappa shape index (κ2) is 8.88. The minimum atomic E-state index is -4.68. The van der Waals surface area contributed by atoms with Crippen LogP contribution in [0, 0.1) is 5.92 Å². The number of rotatable bonds is 7. The number of carboxylic acids is 1. The van der Waals surface area contributed by atoms with Gasteiger partial charge in [0.1, 0.15) is 6.04 Å². The normalized spacial score (nSPS) is 12.6. The van der Waals surface area contributed by atoms with Gasteiger partial charge in [-0.1, -0.05) is 25.4 Å². The second-order valence-electron chi connectivity index (χ2n) is 6.00. The van der Waals surface area contributed by atoms with Gasteiger partial charge in [-0.15, -0.1) is 0 Å². The van der Waals surface area contributed by atoms with Crippen molar-refractivity contribution < 1.29 is 32.7 Å². The van der Waals surface area contributed by atoms with Crippen molar-refractivity contribution >= 4 is 29.4 Å². The number of hydrogen-bond donors (Lipinski definition) is 3. The van der Waals surface area contributed by atoms with Crippen molar-refractivity contribution in [3.8, 4) is 0 Å². The van der Waals surface area contributed by atoms with E-state index >= 15 is 0 Å². The standard InChI is InChI=1S/C16H18ClF3N2O4/c1-8(2)3-12(15(25)26)22-13(23)7-21-14(24)9-4-10(16(18,19)20)6-11(17)5-9/h4-6,8,12H,3,7H2,1-2H3,(H,21,24)(H,22,23)(H,25,26)/t12-/m0/s1. The smallest absolute Gasteiger partial charge is 0.416 e. The molecule has 0 saturated carbocycles. The molecule has 0 unspecified atom stereocenters. The highest BCUT2D eigenvalue weighted by atomic mass is 35.5. The van der Waals surface area contributed by atoms with Gasteiger partial charge >= 0.3 is 12.1 Å². The lowest BCUT2D eigenvalue weighted by Gasteiger charge is -2.16. The molecule has 144 valence electrons.